The van der Waals surface area contributed by atoms with Crippen molar-refractivity contribution in [2.75, 3.05) is 13.2 Å². The molecule has 3 atom stereocenters. The van der Waals surface area contributed by atoms with Crippen LogP contribution in [-0.2, 0) is 23.9 Å². The first-order valence-corrected chi connectivity index (χ1v) is 11.6. The summed E-state index contributed by atoms with van der Waals surface area (Å²) in [5.74, 6) is -0.828. The summed E-state index contributed by atoms with van der Waals surface area (Å²) in [4.78, 5) is 35.0. The van der Waals surface area contributed by atoms with E-state index in [0.717, 1.165) is 25.7 Å². The number of carbonyl (C=O) groups is 3. The van der Waals surface area contributed by atoms with Crippen molar-refractivity contribution in [2.45, 2.75) is 71.3 Å². The minimum Gasteiger partial charge on any atom is -0.462 e. The first-order chi connectivity index (χ1) is 15.3. The first-order valence-electron chi connectivity index (χ1n) is 11.6. The Hall–Kier alpha value is -2.47. The molecule has 0 amide bonds. The summed E-state index contributed by atoms with van der Waals surface area (Å²) >= 11 is 0. The molecule has 0 bridgehead atoms. The normalized spacial score (nSPS) is 19.0. The zero-order valence-electron chi connectivity index (χ0n) is 19.5. The van der Waals surface area contributed by atoms with E-state index >= 15 is 0 Å². The average molecular weight is 447 g/mol. The molecule has 0 radical (unpaired) electrons. The highest BCUT2D eigenvalue weighted by Gasteiger charge is 2.27. The fourth-order valence-corrected chi connectivity index (χ4v) is 3.29. The van der Waals surface area contributed by atoms with E-state index in [1.807, 2.05) is 30.4 Å². The van der Waals surface area contributed by atoms with Gasteiger partial charge in [-0.3, -0.25) is 9.59 Å². The van der Waals surface area contributed by atoms with E-state index in [-0.39, 0.29) is 43.2 Å². The summed E-state index contributed by atoms with van der Waals surface area (Å²) in [5, 5.41) is 10.0. The molecule has 0 fully saturated rings. The Morgan fingerprint density at radius 3 is 2.66 bits per heavy atom. The Bertz CT molecular complexity index is 703. The summed E-state index contributed by atoms with van der Waals surface area (Å²) in [5.41, 5.74) is 0.306. The number of aliphatic hydroxyl groups is 1. The van der Waals surface area contributed by atoms with Gasteiger partial charge in [-0.1, -0.05) is 63.1 Å². The van der Waals surface area contributed by atoms with Crippen molar-refractivity contribution in [1.82, 2.24) is 0 Å². The van der Waals surface area contributed by atoms with Crippen molar-refractivity contribution >= 4 is 17.7 Å². The summed E-state index contributed by atoms with van der Waals surface area (Å²) < 4.78 is 9.87. The third kappa shape index (κ3) is 11.8. The van der Waals surface area contributed by atoms with Crippen LogP contribution in [-0.4, -0.2) is 42.1 Å². The molecule has 1 N–H and O–H groups in total. The number of ether oxygens (including phenoxy) is 2. The maximum absolute atomic E-state index is 12.1. The molecule has 1 aliphatic carbocycles. The van der Waals surface area contributed by atoms with Gasteiger partial charge in [-0.2, -0.15) is 0 Å². The van der Waals surface area contributed by atoms with Gasteiger partial charge in [-0.15, -0.1) is 0 Å². The molecule has 0 aromatic heterocycles. The molecule has 0 saturated heterocycles. The largest absolute Gasteiger partial charge is 0.462 e. The maximum atomic E-state index is 12.1. The molecule has 0 unspecified atom stereocenters. The number of esters is 2. The van der Waals surface area contributed by atoms with Crippen molar-refractivity contribution in [1.29, 1.82) is 0 Å². The van der Waals surface area contributed by atoms with Crippen molar-refractivity contribution in [2.24, 2.45) is 11.8 Å². The molecule has 178 valence electrons. The Morgan fingerprint density at radius 1 is 1.19 bits per heavy atom. The summed E-state index contributed by atoms with van der Waals surface area (Å²) in [6, 6.07) is 0. The molecule has 0 saturated carbocycles. The van der Waals surface area contributed by atoms with E-state index in [0.29, 0.717) is 24.8 Å². The maximum Gasteiger partial charge on any atom is 0.333 e. The third-order valence-corrected chi connectivity index (χ3v) is 5.21. The molecule has 0 spiro atoms. The molecule has 0 aromatic carbocycles. The predicted octanol–water partition coefficient (Wildman–Crippen LogP) is 4.63. The summed E-state index contributed by atoms with van der Waals surface area (Å²) in [6.45, 7) is 7.21. The lowest BCUT2D eigenvalue weighted by molar-refractivity contribution is -0.150. The van der Waals surface area contributed by atoms with Gasteiger partial charge in [-0.05, 0) is 38.7 Å². The lowest BCUT2D eigenvalue weighted by Crippen LogP contribution is -2.14. The van der Waals surface area contributed by atoms with Crippen LogP contribution in [0.25, 0.3) is 0 Å². The van der Waals surface area contributed by atoms with Crippen LogP contribution < -0.4 is 0 Å². The average Bonchev–Trinajstić information content (AvgIpc) is 3.11. The second-order valence-corrected chi connectivity index (χ2v) is 8.13. The van der Waals surface area contributed by atoms with Crippen molar-refractivity contribution in [3.8, 4) is 0 Å². The molecule has 0 aliphatic heterocycles. The summed E-state index contributed by atoms with van der Waals surface area (Å²) in [7, 11) is 0. The number of hydrogen-bond acceptors (Lipinski definition) is 6. The minimum absolute atomic E-state index is 0.0157. The van der Waals surface area contributed by atoms with Crippen LogP contribution >= 0.6 is 0 Å². The number of carbonyl (C=O) groups excluding carboxylic acids is 3. The standard InChI is InChI=1S/C26H38O6/c1-4-5-8-11-22(27)16-14-21-15-17-24(28)23(21)12-9-6-7-10-13-25(29)31-18-19-32-26(30)20(2)3/h6,9,14-17,21-23,27H,2,4-5,7-8,10-13,18-19H2,1,3H3/b9-6-,16-14+/t21-,22-,23+/m0/s1. The number of allylic oxidation sites excluding steroid dienone is 5. The van der Waals surface area contributed by atoms with Crippen LogP contribution in [0, 0.1) is 11.8 Å². The van der Waals surface area contributed by atoms with Gasteiger partial charge in [0.05, 0.1) is 6.10 Å². The highest BCUT2D eigenvalue weighted by atomic mass is 16.6. The zero-order valence-corrected chi connectivity index (χ0v) is 19.5. The van der Waals surface area contributed by atoms with Crippen LogP contribution in [0.2, 0.25) is 0 Å². The van der Waals surface area contributed by atoms with Gasteiger partial charge >= 0.3 is 11.9 Å². The van der Waals surface area contributed by atoms with Gasteiger partial charge in [-0.25, -0.2) is 4.79 Å². The van der Waals surface area contributed by atoms with Gasteiger partial charge in [0.2, 0.25) is 0 Å². The number of aliphatic hydroxyl groups excluding tert-OH is 1. The Kier molecular flexibility index (Phi) is 14.0. The van der Waals surface area contributed by atoms with Crippen molar-refractivity contribution < 1.29 is 29.0 Å². The Labute approximate surface area is 192 Å². The molecule has 1 aliphatic rings. The Morgan fingerprint density at radius 2 is 1.94 bits per heavy atom. The third-order valence-electron chi connectivity index (χ3n) is 5.21. The number of rotatable bonds is 16. The number of hydrogen-bond donors (Lipinski definition) is 1. The van der Waals surface area contributed by atoms with E-state index in [4.69, 9.17) is 9.47 Å². The quantitative estimate of drug-likeness (QED) is 0.161. The predicted molar refractivity (Wildman–Crippen MR) is 125 cm³/mol. The first kappa shape index (κ1) is 27.6. The van der Waals surface area contributed by atoms with E-state index in [1.54, 1.807) is 13.0 Å². The van der Waals surface area contributed by atoms with Crippen molar-refractivity contribution in [3.05, 3.63) is 48.6 Å². The minimum atomic E-state index is -0.497. The van der Waals surface area contributed by atoms with Crippen LogP contribution in [0.3, 0.4) is 0 Å². The smallest absolute Gasteiger partial charge is 0.333 e. The molecule has 1 rings (SSSR count). The monoisotopic (exact) mass is 446 g/mol. The summed E-state index contributed by atoms with van der Waals surface area (Å²) in [6.07, 6.45) is 17.0. The molecule has 32 heavy (non-hydrogen) atoms. The van der Waals surface area contributed by atoms with E-state index in [9.17, 15) is 19.5 Å². The highest BCUT2D eigenvalue weighted by Crippen LogP contribution is 2.27. The van der Waals surface area contributed by atoms with Gasteiger partial charge in [0.25, 0.3) is 0 Å². The lowest BCUT2D eigenvalue weighted by atomic mass is 9.90. The lowest BCUT2D eigenvalue weighted by Gasteiger charge is -2.13. The Balaban J connectivity index is 2.23. The van der Waals surface area contributed by atoms with Crippen LogP contribution in [0.5, 0.6) is 0 Å². The molecular formula is C26H38O6. The number of ketones is 1. The van der Waals surface area contributed by atoms with Gasteiger partial charge < -0.3 is 14.6 Å². The SMILES string of the molecule is C=C(C)C(=O)OCCOC(=O)CCC/C=C\C[C@H]1C(=O)C=C[C@@H]1/C=C/[C@@H](O)CCCCC. The molecule has 0 aromatic rings. The van der Waals surface area contributed by atoms with E-state index in [2.05, 4.69) is 13.5 Å². The molecule has 0 heterocycles. The fraction of sp³-hybridized carbons (Fsp3) is 0.577. The number of unbranched alkanes of at least 4 members (excludes halogenated alkanes) is 3. The molecule has 6 nitrogen and oxygen atoms in total. The van der Waals surface area contributed by atoms with Gasteiger partial charge in [0.1, 0.15) is 13.2 Å². The second-order valence-electron chi connectivity index (χ2n) is 8.13. The van der Waals surface area contributed by atoms with E-state index < -0.39 is 12.1 Å². The van der Waals surface area contributed by atoms with Crippen LogP contribution in [0.1, 0.15) is 65.2 Å². The topological polar surface area (TPSA) is 89.9 Å². The van der Waals surface area contributed by atoms with Crippen LogP contribution in [0.15, 0.2) is 48.6 Å². The van der Waals surface area contributed by atoms with E-state index in [1.165, 1.54) is 0 Å². The zero-order chi connectivity index (χ0) is 23.8. The molecular weight excluding hydrogens is 408 g/mol. The molecule has 6 heteroatoms. The van der Waals surface area contributed by atoms with Gasteiger partial charge in [0, 0.05) is 23.8 Å². The van der Waals surface area contributed by atoms with Crippen LogP contribution in [0.4, 0.5) is 0 Å². The van der Waals surface area contributed by atoms with Gasteiger partial charge in [0.15, 0.2) is 5.78 Å². The second kappa shape index (κ2) is 16.2. The fourth-order valence-electron chi connectivity index (χ4n) is 3.29. The van der Waals surface area contributed by atoms with Crippen molar-refractivity contribution in [3.63, 3.8) is 0 Å². The highest BCUT2D eigenvalue weighted by molar-refractivity contribution is 5.95.